The number of ether oxygens (including phenoxy) is 1. The summed E-state index contributed by atoms with van der Waals surface area (Å²) in [5.74, 6) is 0.240. The highest BCUT2D eigenvalue weighted by Gasteiger charge is 2.27. The minimum absolute atomic E-state index is 0.00856. The second-order valence-corrected chi connectivity index (χ2v) is 7.03. The molecular weight excluding hydrogens is 288 g/mol. The Balaban J connectivity index is 2.13. The third-order valence-corrected chi connectivity index (χ3v) is 5.45. The quantitative estimate of drug-likeness (QED) is 0.796. The molecule has 1 atom stereocenters. The molecule has 2 rings (SSSR count). The highest BCUT2D eigenvalue weighted by Crippen LogP contribution is 2.23. The maximum absolute atomic E-state index is 12.4. The molecule has 0 amide bonds. The largest absolute Gasteiger partial charge is 0.381 e. The van der Waals surface area contributed by atoms with Crippen molar-refractivity contribution in [1.29, 1.82) is 0 Å². The van der Waals surface area contributed by atoms with Gasteiger partial charge in [0, 0.05) is 26.4 Å². The van der Waals surface area contributed by atoms with Crippen molar-refractivity contribution >= 4 is 21.6 Å². The van der Waals surface area contributed by atoms with Crippen LogP contribution in [0.3, 0.4) is 0 Å². The van der Waals surface area contributed by atoms with Gasteiger partial charge in [-0.15, -0.1) is 0 Å². The van der Waals surface area contributed by atoms with Crippen molar-refractivity contribution < 1.29 is 13.2 Å². The van der Waals surface area contributed by atoms with Crippen LogP contribution >= 0.6 is 11.6 Å². The molecule has 1 aliphatic rings. The number of aromatic nitrogens is 1. The van der Waals surface area contributed by atoms with E-state index in [0.29, 0.717) is 13.2 Å². The molecule has 2 heterocycles. The van der Waals surface area contributed by atoms with Gasteiger partial charge in [-0.25, -0.2) is 17.7 Å². The lowest BCUT2D eigenvalue weighted by atomic mass is 10.0. The third kappa shape index (κ3) is 3.45. The first kappa shape index (κ1) is 14.7. The predicted octanol–water partition coefficient (Wildman–Crippen LogP) is 1.78. The van der Waals surface area contributed by atoms with Crippen LogP contribution in [0.15, 0.2) is 23.2 Å². The molecule has 1 aromatic rings. The summed E-state index contributed by atoms with van der Waals surface area (Å²) in [7, 11) is -2.02. The molecule has 7 heteroatoms. The third-order valence-electron chi connectivity index (χ3n) is 3.18. The molecule has 0 aliphatic carbocycles. The molecule has 0 spiro atoms. The first-order chi connectivity index (χ1) is 9.01. The number of sulfonamides is 1. The monoisotopic (exact) mass is 304 g/mol. The van der Waals surface area contributed by atoms with E-state index in [1.54, 1.807) is 13.1 Å². The molecule has 1 unspecified atom stereocenters. The van der Waals surface area contributed by atoms with Crippen molar-refractivity contribution in [2.45, 2.75) is 17.7 Å². The molecule has 1 fully saturated rings. The van der Waals surface area contributed by atoms with E-state index >= 15 is 0 Å². The van der Waals surface area contributed by atoms with Crippen LogP contribution in [0.25, 0.3) is 0 Å². The minimum Gasteiger partial charge on any atom is -0.381 e. The molecule has 0 bridgehead atoms. The lowest BCUT2D eigenvalue weighted by molar-refractivity contribution is 0.0495. The number of nitrogens with zero attached hydrogens (tertiary/aromatic N) is 2. The van der Waals surface area contributed by atoms with Crippen molar-refractivity contribution in [3.8, 4) is 0 Å². The average molecular weight is 305 g/mol. The summed E-state index contributed by atoms with van der Waals surface area (Å²) in [6.45, 7) is 1.82. The zero-order valence-electron chi connectivity index (χ0n) is 10.8. The van der Waals surface area contributed by atoms with E-state index in [1.807, 2.05) is 0 Å². The topological polar surface area (TPSA) is 59.5 Å². The van der Waals surface area contributed by atoms with Gasteiger partial charge in [-0.05, 0) is 30.9 Å². The van der Waals surface area contributed by atoms with E-state index in [9.17, 15) is 8.42 Å². The molecule has 106 valence electrons. The highest BCUT2D eigenvalue weighted by atomic mass is 35.5. The van der Waals surface area contributed by atoms with E-state index in [4.69, 9.17) is 16.3 Å². The van der Waals surface area contributed by atoms with E-state index in [2.05, 4.69) is 4.98 Å². The predicted molar refractivity (Wildman–Crippen MR) is 72.6 cm³/mol. The molecule has 0 aromatic carbocycles. The van der Waals surface area contributed by atoms with Gasteiger partial charge in [-0.3, -0.25) is 0 Å². The van der Waals surface area contributed by atoms with Gasteiger partial charge in [-0.1, -0.05) is 11.6 Å². The molecule has 0 saturated carbocycles. The summed E-state index contributed by atoms with van der Waals surface area (Å²) in [4.78, 5) is 3.86. The van der Waals surface area contributed by atoms with Gasteiger partial charge < -0.3 is 4.74 Å². The molecular formula is C12H17ClN2O3S. The molecule has 5 nitrogen and oxygen atoms in total. The zero-order chi connectivity index (χ0) is 13.9. The van der Waals surface area contributed by atoms with Crippen molar-refractivity contribution in [2.24, 2.45) is 5.92 Å². The summed E-state index contributed by atoms with van der Waals surface area (Å²) in [5.41, 5.74) is 0. The van der Waals surface area contributed by atoms with Gasteiger partial charge in [0.15, 0.2) is 0 Å². The van der Waals surface area contributed by atoms with E-state index < -0.39 is 10.0 Å². The van der Waals surface area contributed by atoms with Crippen LogP contribution in [0.1, 0.15) is 12.8 Å². The molecule has 1 saturated heterocycles. The van der Waals surface area contributed by atoms with Gasteiger partial charge in [0.1, 0.15) is 10.0 Å². The van der Waals surface area contributed by atoms with Crippen LogP contribution in [-0.4, -0.2) is 44.5 Å². The molecule has 1 aliphatic heterocycles. The van der Waals surface area contributed by atoms with Crippen molar-refractivity contribution in [1.82, 2.24) is 9.29 Å². The van der Waals surface area contributed by atoms with Crippen molar-refractivity contribution in [3.05, 3.63) is 23.5 Å². The fourth-order valence-corrected chi connectivity index (χ4v) is 3.82. The lowest BCUT2D eigenvalue weighted by Gasteiger charge is -2.26. The Labute approximate surface area is 118 Å². The van der Waals surface area contributed by atoms with Crippen molar-refractivity contribution in [3.63, 3.8) is 0 Å². The summed E-state index contributed by atoms with van der Waals surface area (Å²) in [6, 6.07) is 3.04. The summed E-state index contributed by atoms with van der Waals surface area (Å²) >= 11 is 5.85. The number of hydrogen-bond donors (Lipinski definition) is 0. The highest BCUT2D eigenvalue weighted by molar-refractivity contribution is 7.89. The van der Waals surface area contributed by atoms with Gasteiger partial charge in [0.2, 0.25) is 10.0 Å². The minimum atomic E-state index is -3.59. The SMILES string of the molecule is CN(CC1CCCOC1)S(=O)(=O)c1cccnc1Cl. The first-order valence-electron chi connectivity index (χ1n) is 6.16. The Morgan fingerprint density at radius 2 is 2.37 bits per heavy atom. The van der Waals surface area contributed by atoms with Gasteiger partial charge >= 0.3 is 0 Å². The van der Waals surface area contributed by atoms with Crippen LogP contribution in [0.5, 0.6) is 0 Å². The Morgan fingerprint density at radius 3 is 3.00 bits per heavy atom. The standard InChI is InChI=1S/C12H17ClN2O3S/c1-15(8-10-4-3-7-18-9-10)19(16,17)11-5-2-6-14-12(11)13/h2,5-6,10H,3-4,7-9H2,1H3. The second kappa shape index (κ2) is 6.17. The summed E-state index contributed by atoms with van der Waals surface area (Å²) in [6.07, 6.45) is 3.43. The van der Waals surface area contributed by atoms with Crippen LogP contribution < -0.4 is 0 Å². The Hall–Kier alpha value is -0.690. The molecule has 1 aromatic heterocycles. The number of rotatable bonds is 4. The maximum atomic E-state index is 12.4. The maximum Gasteiger partial charge on any atom is 0.245 e. The van der Waals surface area contributed by atoms with E-state index in [1.165, 1.54) is 16.6 Å². The van der Waals surface area contributed by atoms with Gasteiger partial charge in [0.25, 0.3) is 0 Å². The Morgan fingerprint density at radius 1 is 1.58 bits per heavy atom. The van der Waals surface area contributed by atoms with Crippen LogP contribution in [0, 0.1) is 5.92 Å². The average Bonchev–Trinajstić information content (AvgIpc) is 2.40. The van der Waals surface area contributed by atoms with E-state index in [-0.39, 0.29) is 16.0 Å². The normalized spacial score (nSPS) is 20.7. The molecule has 0 N–H and O–H groups in total. The van der Waals surface area contributed by atoms with Crippen LogP contribution in [-0.2, 0) is 14.8 Å². The molecule has 0 radical (unpaired) electrons. The van der Waals surface area contributed by atoms with Crippen LogP contribution in [0.2, 0.25) is 5.15 Å². The summed E-state index contributed by atoms with van der Waals surface area (Å²) in [5, 5.41) is 0.00856. The van der Waals surface area contributed by atoms with Gasteiger partial charge in [-0.2, -0.15) is 0 Å². The lowest BCUT2D eigenvalue weighted by Crippen LogP contribution is -2.35. The zero-order valence-corrected chi connectivity index (χ0v) is 12.3. The van der Waals surface area contributed by atoms with Gasteiger partial charge in [0.05, 0.1) is 6.61 Å². The van der Waals surface area contributed by atoms with Crippen molar-refractivity contribution in [2.75, 3.05) is 26.8 Å². The van der Waals surface area contributed by atoms with Crippen LogP contribution in [0.4, 0.5) is 0 Å². The molecule has 19 heavy (non-hydrogen) atoms. The fourth-order valence-electron chi connectivity index (χ4n) is 2.14. The smallest absolute Gasteiger partial charge is 0.245 e. The fraction of sp³-hybridized carbons (Fsp3) is 0.583. The summed E-state index contributed by atoms with van der Waals surface area (Å²) < 4.78 is 31.5. The number of pyridine rings is 1. The first-order valence-corrected chi connectivity index (χ1v) is 7.98. The number of halogens is 1. The second-order valence-electron chi connectivity index (χ2n) is 4.66. The Bertz CT molecular complexity index is 530. The van der Waals surface area contributed by atoms with E-state index in [0.717, 1.165) is 19.4 Å². The number of hydrogen-bond acceptors (Lipinski definition) is 4. The Kier molecular flexibility index (Phi) is 4.78.